The lowest BCUT2D eigenvalue weighted by molar-refractivity contribution is 0.396. The maximum absolute atomic E-state index is 6.10. The summed E-state index contributed by atoms with van der Waals surface area (Å²) in [4.78, 5) is 11.7. The molecule has 0 saturated heterocycles. The van der Waals surface area contributed by atoms with Gasteiger partial charge in [-0.05, 0) is 40.2 Å². The van der Waals surface area contributed by atoms with E-state index in [1.165, 1.54) is 18.7 Å². The van der Waals surface area contributed by atoms with Crippen molar-refractivity contribution in [3.8, 4) is 5.75 Å². The van der Waals surface area contributed by atoms with Gasteiger partial charge in [-0.3, -0.25) is 0 Å². The molecule has 0 N–H and O–H groups in total. The normalized spacial score (nSPS) is 12.6. The first-order valence-electron chi connectivity index (χ1n) is 6.44. The molecule has 0 aliphatic carbocycles. The summed E-state index contributed by atoms with van der Waals surface area (Å²) in [6.07, 6.45) is 5.99. The largest absolute Gasteiger partial charge is 0.482 e. The van der Waals surface area contributed by atoms with Gasteiger partial charge in [-0.2, -0.15) is 0 Å². The minimum atomic E-state index is -1.78. The summed E-state index contributed by atoms with van der Waals surface area (Å²) >= 11 is 39.4. The Morgan fingerprint density at radius 3 is 2.12 bits per heavy atom. The molecule has 1 heterocycles. The van der Waals surface area contributed by atoms with E-state index in [2.05, 4.69) is 30.9 Å². The molecular weight excluding hydrogens is 519 g/mol. The Hall–Kier alpha value is -0.0100. The van der Waals surface area contributed by atoms with Gasteiger partial charge < -0.3 is 4.74 Å². The molecule has 0 amide bonds. The van der Waals surface area contributed by atoms with Crippen LogP contribution in [0.2, 0.25) is 0 Å². The first-order valence-corrected chi connectivity index (χ1v) is 9.83. The van der Waals surface area contributed by atoms with Crippen LogP contribution in [0, 0.1) is 0 Å². The minimum Gasteiger partial charge on any atom is -0.482 e. The average molecular weight is 527 g/mol. The molecule has 0 bridgehead atoms. The quantitative estimate of drug-likeness (QED) is 0.431. The fourth-order valence-electron chi connectivity index (χ4n) is 1.87. The van der Waals surface area contributed by atoms with Crippen LogP contribution < -0.4 is 4.74 Å². The molecule has 0 aliphatic heterocycles. The SMILES string of the molecule is ClC(Cl)(Cl)c1cc(OCBr)c(/C=C/c2ncncn2)c(C(Cl)(Cl)Cl)c1. The molecule has 25 heavy (non-hydrogen) atoms. The van der Waals surface area contributed by atoms with E-state index in [1.807, 2.05) is 0 Å². The van der Waals surface area contributed by atoms with Crippen LogP contribution in [0.3, 0.4) is 0 Å². The number of hydrogen-bond acceptors (Lipinski definition) is 4. The number of benzene rings is 1. The molecule has 2 rings (SSSR count). The highest BCUT2D eigenvalue weighted by atomic mass is 79.9. The van der Waals surface area contributed by atoms with Gasteiger partial charge in [0.1, 0.15) is 23.9 Å². The van der Waals surface area contributed by atoms with Crippen LogP contribution in [0.5, 0.6) is 5.75 Å². The summed E-state index contributed by atoms with van der Waals surface area (Å²) in [6, 6.07) is 3.05. The third-order valence-corrected chi connectivity index (χ3v) is 4.39. The maximum Gasteiger partial charge on any atom is 0.216 e. The standard InChI is InChI=1S/C14H8BrCl6N3O/c15-5-25-11-4-8(13(16,17)18)3-10(14(19,20)21)9(11)1-2-12-23-6-22-7-24-12/h1-4,6-7H,5H2/b2-1+. The Morgan fingerprint density at radius 1 is 0.960 bits per heavy atom. The maximum atomic E-state index is 6.10. The van der Waals surface area contributed by atoms with Crippen molar-refractivity contribution in [1.82, 2.24) is 15.0 Å². The van der Waals surface area contributed by atoms with Crippen LogP contribution in [-0.2, 0) is 7.59 Å². The van der Waals surface area contributed by atoms with E-state index in [1.54, 1.807) is 18.2 Å². The fraction of sp³-hybridized carbons (Fsp3) is 0.214. The molecular formula is C14H8BrCl6N3O. The number of alkyl halides is 7. The van der Waals surface area contributed by atoms with Crippen LogP contribution in [0.15, 0.2) is 24.8 Å². The van der Waals surface area contributed by atoms with Crippen LogP contribution in [-0.4, -0.2) is 20.5 Å². The van der Waals surface area contributed by atoms with Gasteiger partial charge in [0.2, 0.25) is 7.59 Å². The Bertz CT molecular complexity index is 762. The van der Waals surface area contributed by atoms with Gasteiger partial charge in [-0.1, -0.05) is 69.6 Å². The van der Waals surface area contributed by atoms with Gasteiger partial charge in [0.05, 0.1) is 0 Å². The first-order chi connectivity index (χ1) is 11.6. The smallest absolute Gasteiger partial charge is 0.216 e. The predicted molar refractivity (Wildman–Crippen MR) is 108 cm³/mol. The molecule has 0 spiro atoms. The highest BCUT2D eigenvalue weighted by molar-refractivity contribution is 9.09. The molecule has 0 aliphatic rings. The van der Waals surface area contributed by atoms with Crippen molar-refractivity contribution in [3.05, 3.63) is 47.3 Å². The Balaban J connectivity index is 2.64. The van der Waals surface area contributed by atoms with E-state index in [0.717, 1.165) is 0 Å². The number of aromatic nitrogens is 3. The average Bonchev–Trinajstić information content (AvgIpc) is 2.52. The third-order valence-electron chi connectivity index (χ3n) is 2.90. The molecule has 11 heteroatoms. The van der Waals surface area contributed by atoms with E-state index >= 15 is 0 Å². The fourth-order valence-corrected chi connectivity index (χ4v) is 2.91. The summed E-state index contributed by atoms with van der Waals surface area (Å²) < 4.78 is 2.06. The van der Waals surface area contributed by atoms with Gasteiger partial charge in [-0.25, -0.2) is 15.0 Å². The molecule has 4 nitrogen and oxygen atoms in total. The number of halogens is 7. The number of rotatable bonds is 4. The van der Waals surface area contributed by atoms with E-state index in [-0.39, 0.29) is 11.1 Å². The van der Waals surface area contributed by atoms with Gasteiger partial charge >= 0.3 is 0 Å². The number of ether oxygens (including phenoxy) is 1. The van der Waals surface area contributed by atoms with Crippen molar-refractivity contribution >= 4 is 97.7 Å². The topological polar surface area (TPSA) is 47.9 Å². The lowest BCUT2D eigenvalue weighted by atomic mass is 10.0. The van der Waals surface area contributed by atoms with Crippen LogP contribution in [0.1, 0.15) is 22.5 Å². The summed E-state index contributed by atoms with van der Waals surface area (Å²) in [7, 11) is 0. The second-order valence-electron chi connectivity index (χ2n) is 4.51. The Morgan fingerprint density at radius 2 is 1.60 bits per heavy atom. The first kappa shape index (κ1) is 21.3. The second-order valence-corrected chi connectivity index (χ2v) is 9.53. The molecule has 134 valence electrons. The van der Waals surface area contributed by atoms with E-state index in [0.29, 0.717) is 22.7 Å². The van der Waals surface area contributed by atoms with Crippen molar-refractivity contribution in [2.24, 2.45) is 0 Å². The van der Waals surface area contributed by atoms with Crippen molar-refractivity contribution in [1.29, 1.82) is 0 Å². The zero-order valence-corrected chi connectivity index (χ0v) is 18.2. The van der Waals surface area contributed by atoms with Crippen LogP contribution in [0.25, 0.3) is 12.2 Å². The zero-order valence-electron chi connectivity index (χ0n) is 12.1. The Kier molecular flexibility index (Phi) is 7.48. The van der Waals surface area contributed by atoms with E-state index < -0.39 is 7.59 Å². The minimum absolute atomic E-state index is 0.183. The molecule has 0 radical (unpaired) electrons. The number of hydrogen-bond donors (Lipinski definition) is 0. The van der Waals surface area contributed by atoms with Crippen LogP contribution in [0.4, 0.5) is 0 Å². The molecule has 0 fully saturated rings. The Labute approximate surface area is 182 Å². The number of nitrogens with zero attached hydrogens (tertiary/aromatic N) is 3. The van der Waals surface area contributed by atoms with Crippen molar-refractivity contribution in [2.75, 3.05) is 5.52 Å². The highest BCUT2D eigenvalue weighted by Gasteiger charge is 2.32. The molecule has 1 aromatic heterocycles. The van der Waals surface area contributed by atoms with Gasteiger partial charge in [0.15, 0.2) is 5.82 Å². The van der Waals surface area contributed by atoms with Crippen molar-refractivity contribution in [3.63, 3.8) is 0 Å². The summed E-state index contributed by atoms with van der Waals surface area (Å²) in [5, 5.41) is 0. The third kappa shape index (κ3) is 5.99. The summed E-state index contributed by atoms with van der Waals surface area (Å²) in [5.74, 6) is 0.771. The molecule has 0 atom stereocenters. The molecule has 1 aromatic carbocycles. The van der Waals surface area contributed by atoms with Gasteiger partial charge in [-0.15, -0.1) is 0 Å². The van der Waals surface area contributed by atoms with E-state index in [9.17, 15) is 0 Å². The monoisotopic (exact) mass is 523 g/mol. The molecule has 2 aromatic rings. The van der Waals surface area contributed by atoms with Gasteiger partial charge in [0, 0.05) is 16.7 Å². The highest BCUT2D eigenvalue weighted by Crippen LogP contribution is 2.48. The second kappa shape index (κ2) is 8.79. The van der Waals surface area contributed by atoms with E-state index in [4.69, 9.17) is 74.3 Å². The predicted octanol–water partition coefficient (Wildman–Crippen LogP) is 6.43. The van der Waals surface area contributed by atoms with Crippen LogP contribution >= 0.6 is 85.5 Å². The molecule has 0 saturated carbocycles. The summed E-state index contributed by atoms with van der Waals surface area (Å²) in [6.45, 7) is 0. The van der Waals surface area contributed by atoms with Gasteiger partial charge in [0.25, 0.3) is 0 Å². The summed E-state index contributed by atoms with van der Waals surface area (Å²) in [5.41, 5.74) is 1.25. The van der Waals surface area contributed by atoms with Crippen molar-refractivity contribution in [2.45, 2.75) is 7.59 Å². The zero-order chi connectivity index (χ0) is 18.7. The van der Waals surface area contributed by atoms with Crippen molar-refractivity contribution < 1.29 is 4.74 Å². The lowest BCUT2D eigenvalue weighted by Crippen LogP contribution is -2.10. The molecule has 0 unspecified atom stereocenters. The lowest BCUT2D eigenvalue weighted by Gasteiger charge is -2.22.